The summed E-state index contributed by atoms with van der Waals surface area (Å²) < 4.78 is 42.3. The van der Waals surface area contributed by atoms with Crippen molar-refractivity contribution < 1.29 is 34.9 Å². The van der Waals surface area contributed by atoms with Crippen LogP contribution in [0.3, 0.4) is 0 Å². The number of esters is 2. The summed E-state index contributed by atoms with van der Waals surface area (Å²) in [4.78, 5) is 23.7. The first kappa shape index (κ1) is 26.3. The summed E-state index contributed by atoms with van der Waals surface area (Å²) >= 11 is 0. The van der Waals surface area contributed by atoms with Crippen molar-refractivity contribution in [1.82, 2.24) is 0 Å². The summed E-state index contributed by atoms with van der Waals surface area (Å²) in [5, 5.41) is 0. The van der Waals surface area contributed by atoms with E-state index in [4.69, 9.17) is 9.47 Å². The van der Waals surface area contributed by atoms with Crippen LogP contribution in [0.1, 0.15) is 75.9 Å². The molecule has 0 unspecified atom stereocenters. The van der Waals surface area contributed by atoms with Gasteiger partial charge in [0.2, 0.25) is 0 Å². The van der Waals surface area contributed by atoms with Gasteiger partial charge in [0.05, 0.1) is 29.2 Å². The fourth-order valence-corrected chi connectivity index (χ4v) is 2.74. The summed E-state index contributed by atoms with van der Waals surface area (Å²) in [5.74, 6) is -1.52. The summed E-state index contributed by atoms with van der Waals surface area (Å²) in [6, 6.07) is 3.16. The second-order valence-corrected chi connectivity index (χ2v) is 7.33. The van der Waals surface area contributed by atoms with Crippen LogP contribution in [0.5, 0.6) is 0 Å². The van der Waals surface area contributed by atoms with Gasteiger partial charge in [-0.15, -0.1) is 0 Å². The van der Waals surface area contributed by atoms with Crippen LogP contribution >= 0.6 is 0 Å². The van der Waals surface area contributed by atoms with Crippen molar-refractivity contribution in [2.24, 2.45) is 0 Å². The molecular weight excluding hydrogens is 400 g/mol. The molecule has 0 saturated carbocycles. The molecule has 0 heterocycles. The first-order valence-electron chi connectivity index (χ1n) is 8.76. The minimum atomic E-state index is -4.59. The molecule has 0 fully saturated rings. The first-order chi connectivity index (χ1) is 12.3. The van der Waals surface area contributed by atoms with E-state index >= 15 is 0 Å². The maximum absolute atomic E-state index is 12.1. The molecule has 0 aromatic heterocycles. The standard InChI is InChI=1S/C18H26O7S.Ca.2H/c1-3-5-7-9-24-17(19)14-11-15(13-16(12-14)26(21,22)23)18(20)25-10-8-6-4-2;;;/h11-13H,3-10H2,1-2H3,(H,21,22,23);;;/q;+2;2*-1. The Balaban J connectivity index is -0.00000225. The van der Waals surface area contributed by atoms with Crippen molar-refractivity contribution in [2.45, 2.75) is 57.3 Å². The number of unbranched alkanes of at least 4 members (excludes halogenated alkanes) is 4. The van der Waals surface area contributed by atoms with E-state index in [0.717, 1.165) is 37.8 Å². The Bertz CT molecular complexity index is 685. The van der Waals surface area contributed by atoms with Crippen LogP contribution < -0.4 is 0 Å². The Hall–Kier alpha value is -0.670. The molecule has 0 aliphatic rings. The number of benzene rings is 1. The number of carbonyl (C=O) groups is 2. The molecule has 1 N–H and O–H groups in total. The van der Waals surface area contributed by atoms with Crippen LogP contribution in [0.4, 0.5) is 0 Å². The summed E-state index contributed by atoms with van der Waals surface area (Å²) in [6.45, 7) is 4.41. The van der Waals surface area contributed by atoms with Crippen molar-refractivity contribution in [1.29, 1.82) is 0 Å². The molecule has 0 spiro atoms. The molecule has 1 rings (SSSR count). The zero-order chi connectivity index (χ0) is 19.6. The van der Waals surface area contributed by atoms with E-state index in [-0.39, 0.29) is 64.9 Å². The van der Waals surface area contributed by atoms with Gasteiger partial charge < -0.3 is 12.3 Å². The molecular formula is C18H28CaO7S. The minimum Gasteiger partial charge on any atom is -1.00 e. The molecule has 27 heavy (non-hydrogen) atoms. The molecule has 1 aromatic rings. The summed E-state index contributed by atoms with van der Waals surface area (Å²) in [7, 11) is -4.59. The quantitative estimate of drug-likeness (QED) is 0.249. The third kappa shape index (κ3) is 9.89. The number of hydrogen-bond donors (Lipinski definition) is 1. The van der Waals surface area contributed by atoms with Crippen LogP contribution in [0.2, 0.25) is 0 Å². The van der Waals surface area contributed by atoms with E-state index in [1.807, 2.05) is 13.8 Å². The van der Waals surface area contributed by atoms with Crippen molar-refractivity contribution >= 4 is 59.8 Å². The van der Waals surface area contributed by atoms with Gasteiger partial charge in [0.25, 0.3) is 10.1 Å². The molecule has 0 amide bonds. The van der Waals surface area contributed by atoms with Crippen molar-refractivity contribution in [2.75, 3.05) is 13.2 Å². The molecule has 150 valence electrons. The smallest absolute Gasteiger partial charge is 1.00 e. The Labute approximate surface area is 193 Å². The molecule has 0 atom stereocenters. The zero-order valence-corrected chi connectivity index (χ0v) is 18.9. The largest absolute Gasteiger partial charge is 2.00 e. The molecule has 0 bridgehead atoms. The van der Waals surface area contributed by atoms with Gasteiger partial charge in [0.1, 0.15) is 0 Å². The van der Waals surface area contributed by atoms with Gasteiger partial charge in [0.15, 0.2) is 0 Å². The normalized spacial score (nSPS) is 10.8. The van der Waals surface area contributed by atoms with Crippen molar-refractivity contribution in [3.63, 3.8) is 0 Å². The predicted octanol–water partition coefficient (Wildman–Crippen LogP) is 3.47. The molecule has 0 aliphatic heterocycles. The van der Waals surface area contributed by atoms with Crippen molar-refractivity contribution in [3.8, 4) is 0 Å². The fourth-order valence-electron chi connectivity index (χ4n) is 2.18. The van der Waals surface area contributed by atoms with Crippen LogP contribution in [-0.4, -0.2) is 75.9 Å². The molecule has 7 nitrogen and oxygen atoms in total. The maximum Gasteiger partial charge on any atom is 2.00 e. The van der Waals surface area contributed by atoms with E-state index in [1.165, 1.54) is 6.07 Å². The Morgan fingerprint density at radius 3 is 1.63 bits per heavy atom. The predicted molar refractivity (Wildman–Crippen MR) is 104 cm³/mol. The van der Waals surface area contributed by atoms with Crippen LogP contribution in [0.25, 0.3) is 0 Å². The van der Waals surface area contributed by atoms with Crippen LogP contribution in [0, 0.1) is 0 Å². The van der Waals surface area contributed by atoms with E-state index < -0.39 is 27.0 Å². The third-order valence-electron chi connectivity index (χ3n) is 3.64. The monoisotopic (exact) mass is 428 g/mol. The Morgan fingerprint density at radius 1 is 0.889 bits per heavy atom. The van der Waals surface area contributed by atoms with Gasteiger partial charge in [-0.05, 0) is 31.0 Å². The summed E-state index contributed by atoms with van der Waals surface area (Å²) in [6.07, 6.45) is 5.09. The van der Waals surface area contributed by atoms with Crippen LogP contribution in [-0.2, 0) is 19.6 Å². The molecule has 0 aliphatic carbocycles. The summed E-state index contributed by atoms with van der Waals surface area (Å²) in [5.41, 5.74) is -0.255. The molecule has 9 heteroatoms. The maximum atomic E-state index is 12.1. The molecule has 0 saturated heterocycles. The Morgan fingerprint density at radius 2 is 1.30 bits per heavy atom. The van der Waals surface area contributed by atoms with Gasteiger partial charge in [-0.3, -0.25) is 4.55 Å². The van der Waals surface area contributed by atoms with Crippen molar-refractivity contribution in [3.05, 3.63) is 29.3 Å². The van der Waals surface area contributed by atoms with Gasteiger partial charge in [0, 0.05) is 0 Å². The second kappa shape index (κ2) is 13.5. The number of rotatable bonds is 11. The van der Waals surface area contributed by atoms with Gasteiger partial charge in [-0.25, -0.2) is 9.59 Å². The average molecular weight is 429 g/mol. The van der Waals surface area contributed by atoms with Gasteiger partial charge >= 0.3 is 49.7 Å². The molecule has 1 aromatic carbocycles. The number of hydrogen-bond acceptors (Lipinski definition) is 6. The number of ether oxygens (including phenoxy) is 2. The average Bonchev–Trinajstić information content (AvgIpc) is 2.61. The van der Waals surface area contributed by atoms with E-state index in [2.05, 4.69) is 0 Å². The van der Waals surface area contributed by atoms with E-state index in [0.29, 0.717) is 12.8 Å². The molecule has 0 radical (unpaired) electrons. The fraction of sp³-hybridized carbons (Fsp3) is 0.556. The SMILES string of the molecule is CCCCCOC(=O)c1cc(C(=O)OCCCCC)cc(S(=O)(=O)O)c1.[Ca+2].[H-].[H-]. The van der Waals surface area contributed by atoms with Crippen LogP contribution in [0.15, 0.2) is 23.1 Å². The number of carbonyl (C=O) groups excluding carboxylic acids is 2. The zero-order valence-electron chi connectivity index (χ0n) is 17.9. The Kier molecular flexibility index (Phi) is 13.2. The second-order valence-electron chi connectivity index (χ2n) is 5.91. The third-order valence-corrected chi connectivity index (χ3v) is 4.47. The topological polar surface area (TPSA) is 107 Å². The van der Waals surface area contributed by atoms with Gasteiger partial charge in [-0.1, -0.05) is 39.5 Å². The van der Waals surface area contributed by atoms with E-state index in [1.54, 1.807) is 0 Å². The van der Waals surface area contributed by atoms with Gasteiger partial charge in [-0.2, -0.15) is 8.42 Å². The van der Waals surface area contributed by atoms with E-state index in [9.17, 15) is 22.6 Å². The first-order valence-corrected chi connectivity index (χ1v) is 10.2. The minimum absolute atomic E-state index is 0.